The molecular weight excluding hydrogens is 488 g/mol. The molecule has 3 aromatic rings. The molecule has 7 nitrogen and oxygen atoms in total. The van der Waals surface area contributed by atoms with Crippen molar-refractivity contribution in [3.8, 4) is 0 Å². The zero-order valence-electron chi connectivity index (χ0n) is 19.2. The summed E-state index contributed by atoms with van der Waals surface area (Å²) in [5, 5.41) is 7.34. The number of aryl methyl sites for hydroxylation is 1. The number of nitrogens with zero attached hydrogens (tertiary/aromatic N) is 5. The van der Waals surface area contributed by atoms with Crippen molar-refractivity contribution >= 4 is 34.3 Å². The predicted molar refractivity (Wildman–Crippen MR) is 124 cm³/mol. The van der Waals surface area contributed by atoms with Gasteiger partial charge in [-0.3, -0.25) is 9.58 Å². The number of aromatic nitrogens is 4. The van der Waals surface area contributed by atoms with Gasteiger partial charge in [-0.1, -0.05) is 11.6 Å². The number of alkyl halides is 4. The number of halogens is 5. The lowest BCUT2D eigenvalue weighted by atomic mass is 9.85. The van der Waals surface area contributed by atoms with Gasteiger partial charge in [0.2, 0.25) is 5.95 Å². The normalized spacial score (nSPS) is 25.9. The average Bonchev–Trinajstić information content (AvgIpc) is 3.40. The fraction of sp³-hybridized carbons (Fsp3) is 0.522. The van der Waals surface area contributed by atoms with Crippen LogP contribution in [-0.2, 0) is 18.0 Å². The molecule has 0 spiro atoms. The van der Waals surface area contributed by atoms with E-state index in [1.807, 2.05) is 0 Å². The maximum Gasteiger partial charge on any atom is 0.435 e. The highest BCUT2D eigenvalue weighted by atomic mass is 35.5. The van der Waals surface area contributed by atoms with Crippen LogP contribution < -0.4 is 5.32 Å². The summed E-state index contributed by atoms with van der Waals surface area (Å²) in [6.07, 6.45) is -2.65. The van der Waals surface area contributed by atoms with Crippen molar-refractivity contribution < 1.29 is 22.3 Å². The Morgan fingerprint density at radius 1 is 1.26 bits per heavy atom. The van der Waals surface area contributed by atoms with E-state index in [-0.39, 0.29) is 23.2 Å². The molecule has 0 saturated carbocycles. The van der Waals surface area contributed by atoms with Crippen molar-refractivity contribution in [1.82, 2.24) is 24.6 Å². The zero-order chi connectivity index (χ0) is 25.0. The maximum absolute atomic E-state index is 15.4. The van der Waals surface area contributed by atoms with Gasteiger partial charge in [0.25, 0.3) is 0 Å². The number of hydrogen-bond acceptors (Lipinski definition) is 6. The van der Waals surface area contributed by atoms with E-state index in [1.54, 1.807) is 12.1 Å². The second kappa shape index (κ2) is 8.86. The first-order valence-electron chi connectivity index (χ1n) is 11.3. The van der Waals surface area contributed by atoms with Crippen molar-refractivity contribution in [1.29, 1.82) is 0 Å². The molecule has 0 amide bonds. The number of benzene rings is 1. The number of nitrogens with one attached hydrogen (secondary N) is 1. The molecule has 2 saturated heterocycles. The lowest BCUT2D eigenvalue weighted by Crippen LogP contribution is -2.53. The van der Waals surface area contributed by atoms with Gasteiger partial charge < -0.3 is 10.1 Å². The third kappa shape index (κ3) is 4.68. The highest BCUT2D eigenvalue weighted by Crippen LogP contribution is 2.39. The molecule has 2 aromatic heterocycles. The lowest BCUT2D eigenvalue weighted by molar-refractivity contribution is -0.141. The molecule has 2 fully saturated rings. The monoisotopic (exact) mass is 512 g/mol. The molecule has 188 valence electrons. The second-order valence-corrected chi connectivity index (χ2v) is 9.85. The summed E-state index contributed by atoms with van der Waals surface area (Å²) in [4.78, 5) is 10.8. The third-order valence-electron chi connectivity index (χ3n) is 7.01. The van der Waals surface area contributed by atoms with Crippen LogP contribution in [0.2, 0.25) is 5.02 Å². The van der Waals surface area contributed by atoms with Gasteiger partial charge >= 0.3 is 6.18 Å². The molecule has 5 rings (SSSR count). The van der Waals surface area contributed by atoms with Gasteiger partial charge in [-0.2, -0.15) is 18.3 Å². The molecule has 35 heavy (non-hydrogen) atoms. The molecule has 1 aromatic carbocycles. The SMILES string of the molecule is Cn1nc(C(F)(F)F)cc1Nc1ncc2cc(Cl)c(C3CCN(C4(C)CCOC4)CC3F)cc2n1. The van der Waals surface area contributed by atoms with E-state index < -0.39 is 18.0 Å². The van der Waals surface area contributed by atoms with E-state index in [0.29, 0.717) is 47.7 Å². The van der Waals surface area contributed by atoms with Gasteiger partial charge in [0, 0.05) is 54.3 Å². The van der Waals surface area contributed by atoms with E-state index in [4.69, 9.17) is 16.3 Å². The van der Waals surface area contributed by atoms with Crippen LogP contribution in [0.5, 0.6) is 0 Å². The third-order valence-corrected chi connectivity index (χ3v) is 7.34. The fourth-order valence-electron chi connectivity index (χ4n) is 4.90. The summed E-state index contributed by atoms with van der Waals surface area (Å²) >= 11 is 6.54. The van der Waals surface area contributed by atoms with Gasteiger partial charge in [-0.05, 0) is 44.0 Å². The molecule has 2 aliphatic heterocycles. The van der Waals surface area contributed by atoms with E-state index in [0.717, 1.165) is 23.7 Å². The van der Waals surface area contributed by atoms with Crippen molar-refractivity contribution in [3.05, 3.63) is 40.7 Å². The number of hydrogen-bond donors (Lipinski definition) is 1. The minimum absolute atomic E-state index is 0.0893. The Morgan fingerprint density at radius 3 is 2.71 bits per heavy atom. The molecular formula is C23H25ClF4N6O. The molecule has 0 bridgehead atoms. The fourth-order valence-corrected chi connectivity index (χ4v) is 5.21. The number of ether oxygens (including phenoxy) is 1. The van der Waals surface area contributed by atoms with E-state index >= 15 is 4.39 Å². The highest BCUT2D eigenvalue weighted by molar-refractivity contribution is 6.32. The summed E-state index contributed by atoms with van der Waals surface area (Å²) in [7, 11) is 1.39. The van der Waals surface area contributed by atoms with Crippen LogP contribution in [0.1, 0.15) is 36.9 Å². The first-order chi connectivity index (χ1) is 16.5. The molecule has 3 atom stereocenters. The summed E-state index contributed by atoms with van der Waals surface area (Å²) in [6, 6.07) is 4.34. The van der Waals surface area contributed by atoms with Gasteiger partial charge in [0.05, 0.1) is 12.1 Å². The van der Waals surface area contributed by atoms with Crippen LogP contribution in [0, 0.1) is 0 Å². The minimum Gasteiger partial charge on any atom is -0.379 e. The van der Waals surface area contributed by atoms with E-state index in [1.165, 1.54) is 13.2 Å². The van der Waals surface area contributed by atoms with Crippen LogP contribution in [0.3, 0.4) is 0 Å². The second-order valence-electron chi connectivity index (χ2n) is 9.44. The van der Waals surface area contributed by atoms with Gasteiger partial charge in [0.15, 0.2) is 5.69 Å². The number of fused-ring (bicyclic) bond motifs is 1. The van der Waals surface area contributed by atoms with Crippen LogP contribution in [0.4, 0.5) is 29.3 Å². The smallest absolute Gasteiger partial charge is 0.379 e. The average molecular weight is 513 g/mol. The zero-order valence-corrected chi connectivity index (χ0v) is 20.0. The Hall–Kier alpha value is -2.50. The molecule has 0 radical (unpaired) electrons. The number of anilines is 2. The quantitative estimate of drug-likeness (QED) is 0.491. The van der Waals surface area contributed by atoms with E-state index in [2.05, 4.69) is 32.2 Å². The van der Waals surface area contributed by atoms with Crippen molar-refractivity contribution in [3.63, 3.8) is 0 Å². The summed E-state index contributed by atoms with van der Waals surface area (Å²) < 4.78 is 60.9. The van der Waals surface area contributed by atoms with Gasteiger partial charge in [-0.25, -0.2) is 14.4 Å². The molecule has 4 heterocycles. The Bertz CT molecular complexity index is 1240. The number of piperidine rings is 1. The first-order valence-corrected chi connectivity index (χ1v) is 11.7. The number of rotatable bonds is 4. The predicted octanol–water partition coefficient (Wildman–Crippen LogP) is 5.09. The van der Waals surface area contributed by atoms with Crippen molar-refractivity contribution in [2.75, 3.05) is 31.6 Å². The summed E-state index contributed by atoms with van der Waals surface area (Å²) in [6.45, 7) is 4.45. The summed E-state index contributed by atoms with van der Waals surface area (Å²) in [5.74, 6) is -0.193. The van der Waals surface area contributed by atoms with Crippen LogP contribution in [0.15, 0.2) is 24.4 Å². The molecule has 2 aliphatic rings. The summed E-state index contributed by atoms with van der Waals surface area (Å²) in [5.41, 5.74) is 0.0268. The number of likely N-dealkylation sites (tertiary alicyclic amines) is 1. The Morgan fingerprint density at radius 2 is 2.06 bits per heavy atom. The molecule has 3 unspecified atom stereocenters. The van der Waals surface area contributed by atoms with Gasteiger partial charge in [-0.15, -0.1) is 0 Å². The Balaban J connectivity index is 1.39. The van der Waals surface area contributed by atoms with E-state index in [9.17, 15) is 13.2 Å². The van der Waals surface area contributed by atoms with Crippen molar-refractivity contribution in [2.24, 2.45) is 7.05 Å². The largest absolute Gasteiger partial charge is 0.435 e. The minimum atomic E-state index is -4.56. The molecule has 0 aliphatic carbocycles. The highest BCUT2D eigenvalue weighted by Gasteiger charge is 2.42. The Kier molecular flexibility index (Phi) is 6.13. The maximum atomic E-state index is 15.4. The van der Waals surface area contributed by atoms with Crippen LogP contribution >= 0.6 is 11.6 Å². The molecule has 1 N–H and O–H groups in total. The topological polar surface area (TPSA) is 68.1 Å². The van der Waals surface area contributed by atoms with Crippen molar-refractivity contribution in [2.45, 2.75) is 43.6 Å². The van der Waals surface area contributed by atoms with Crippen LogP contribution in [-0.4, -0.2) is 62.7 Å². The Labute approximate surface area is 204 Å². The lowest BCUT2D eigenvalue weighted by Gasteiger charge is -2.43. The first kappa shape index (κ1) is 24.2. The molecule has 12 heteroatoms. The standard InChI is InChI=1S/C23H25ClF4N6O/c1-22(4-6-35-12-22)34-5-3-14(17(25)11-34)15-8-18-13(7-16(15)24)10-29-21(30-18)31-20-9-19(23(26,27)28)32-33(20)2/h7-10,14,17H,3-6,11-12H2,1-2H3,(H,29,30,31). The van der Waals surface area contributed by atoms with Gasteiger partial charge in [0.1, 0.15) is 12.0 Å². The van der Waals surface area contributed by atoms with Crippen LogP contribution in [0.25, 0.3) is 10.9 Å².